The number of imidazole rings is 1. The first-order valence-corrected chi connectivity index (χ1v) is 10.3. The highest BCUT2D eigenvalue weighted by atomic mass is 16.5. The zero-order chi connectivity index (χ0) is 26.0. The molecule has 2 aromatic rings. The minimum atomic E-state index is -0.551. The second-order valence-electron chi connectivity index (χ2n) is 5.75. The molecule has 1 aliphatic heterocycles. The van der Waals surface area contributed by atoms with E-state index in [1.165, 1.54) is 25.6 Å². The molecule has 3 atom stereocenters. The van der Waals surface area contributed by atoms with Crippen LogP contribution in [0.5, 0.6) is 5.75 Å². The summed E-state index contributed by atoms with van der Waals surface area (Å²) in [4.78, 5) is 14.9. The highest BCUT2D eigenvalue weighted by Gasteiger charge is 2.28. The topological polar surface area (TPSA) is 211 Å². The number of rotatable bonds is 4. The van der Waals surface area contributed by atoms with Gasteiger partial charge >= 0.3 is 5.69 Å². The highest BCUT2D eigenvalue weighted by Crippen LogP contribution is 2.28. The van der Waals surface area contributed by atoms with Crippen LogP contribution >= 0.6 is 0 Å². The van der Waals surface area contributed by atoms with Crippen LogP contribution in [-0.4, -0.2) is 35.9 Å². The molecule has 0 saturated heterocycles. The van der Waals surface area contributed by atoms with Gasteiger partial charge in [0.1, 0.15) is 17.6 Å². The van der Waals surface area contributed by atoms with E-state index in [0.29, 0.717) is 17.1 Å². The van der Waals surface area contributed by atoms with Crippen molar-refractivity contribution in [1.82, 2.24) is 14.9 Å². The Balaban J connectivity index is 0. The van der Waals surface area contributed by atoms with Crippen molar-refractivity contribution in [2.75, 3.05) is 19.8 Å². The minimum absolute atomic E-state index is 0.224. The van der Waals surface area contributed by atoms with Crippen molar-refractivity contribution in [1.29, 1.82) is 10.5 Å². The smallest absolute Gasteiger partial charge is 0.331 e. The number of hydrogen-bond donors (Lipinski definition) is 6. The highest BCUT2D eigenvalue weighted by molar-refractivity contribution is 5.48. The first kappa shape index (κ1) is 31.4. The van der Waals surface area contributed by atoms with E-state index in [4.69, 9.17) is 26.7 Å². The summed E-state index contributed by atoms with van der Waals surface area (Å²) in [6.45, 7) is 7.09. The molecular weight excluding hydrogens is 422 g/mol. The summed E-state index contributed by atoms with van der Waals surface area (Å²) in [5, 5.41) is 19.1. The first-order valence-electron chi connectivity index (χ1n) is 10.3. The molecule has 182 valence electrons. The second-order valence-corrected chi connectivity index (χ2v) is 5.75. The van der Waals surface area contributed by atoms with Gasteiger partial charge in [0, 0.05) is 6.92 Å². The lowest BCUT2D eigenvalue weighted by Gasteiger charge is -2.18. The molecule has 0 bridgehead atoms. The van der Waals surface area contributed by atoms with Crippen molar-refractivity contribution in [3.8, 4) is 23.6 Å². The Labute approximate surface area is 195 Å². The molecule has 3 unspecified atom stereocenters. The van der Waals surface area contributed by atoms with Gasteiger partial charge in [0.2, 0.25) is 0 Å². The van der Waals surface area contributed by atoms with Crippen LogP contribution in [0.4, 0.5) is 5.82 Å². The Morgan fingerprint density at radius 1 is 1.12 bits per heavy atom. The maximum atomic E-state index is 12.3. The first-order chi connectivity index (χ1) is 15.9. The van der Waals surface area contributed by atoms with Crippen LogP contribution in [0, 0.1) is 22.7 Å². The zero-order valence-electron chi connectivity index (χ0n) is 20.2. The quantitative estimate of drug-likeness (QED) is 0.387. The lowest BCUT2D eigenvalue weighted by atomic mass is 10.0. The van der Waals surface area contributed by atoms with E-state index >= 15 is 0 Å². The number of ether oxygens (including phenoxy) is 1. The van der Waals surface area contributed by atoms with Crippen molar-refractivity contribution in [2.24, 2.45) is 17.2 Å². The molecule has 11 heteroatoms. The minimum Gasteiger partial charge on any atom is -0.476 e. The Morgan fingerprint density at radius 2 is 1.64 bits per heavy atom. The van der Waals surface area contributed by atoms with Crippen LogP contribution in [-0.2, 0) is 0 Å². The van der Waals surface area contributed by atoms with Crippen LogP contribution in [0.3, 0.4) is 0 Å². The van der Waals surface area contributed by atoms with Gasteiger partial charge in [-0.1, -0.05) is 19.9 Å². The molecule has 3 rings (SSSR count). The molecule has 1 aliphatic rings. The van der Waals surface area contributed by atoms with Crippen LogP contribution in [0.2, 0.25) is 0 Å². The molecule has 0 fully saturated rings. The summed E-state index contributed by atoms with van der Waals surface area (Å²) in [6, 6.07) is 10.6. The SMILES string of the molecule is CC.CC#N.CC(C#N)Oc1ccc(-n2c(C3C=CNC3N)c(N)[nH]c2=O)cc1.CN.CN. The average Bonchev–Trinajstić information content (AvgIpc) is 3.39. The number of nitriles is 2. The van der Waals surface area contributed by atoms with Crippen LogP contribution in [0.15, 0.2) is 41.3 Å². The number of hydrogen-bond acceptors (Lipinski definition) is 9. The van der Waals surface area contributed by atoms with Crippen LogP contribution in [0.1, 0.15) is 39.3 Å². The number of nitrogens with zero attached hydrogens (tertiary/aromatic N) is 3. The van der Waals surface area contributed by atoms with E-state index in [0.717, 1.165) is 0 Å². The average molecular weight is 460 g/mol. The second kappa shape index (κ2) is 17.9. The number of aromatic nitrogens is 2. The maximum Gasteiger partial charge on any atom is 0.331 e. The third kappa shape index (κ3) is 9.09. The number of H-pyrrole nitrogens is 1. The molecule has 0 spiro atoms. The number of nitrogen functional groups attached to an aromatic ring is 1. The molecule has 1 aromatic carbocycles. The number of nitrogens with two attached hydrogens (primary N) is 4. The van der Waals surface area contributed by atoms with E-state index in [1.54, 1.807) is 43.5 Å². The predicted molar refractivity (Wildman–Crippen MR) is 132 cm³/mol. The lowest BCUT2D eigenvalue weighted by molar-refractivity contribution is 0.276. The van der Waals surface area contributed by atoms with Crippen LogP contribution < -0.4 is 38.7 Å². The fraction of sp³-hybridized carbons (Fsp3) is 0.409. The molecule has 1 aromatic heterocycles. The normalized spacial score (nSPS) is 15.6. The van der Waals surface area contributed by atoms with Crippen molar-refractivity contribution < 1.29 is 4.74 Å². The lowest BCUT2D eigenvalue weighted by Crippen LogP contribution is -2.36. The van der Waals surface area contributed by atoms with Gasteiger partial charge in [-0.2, -0.15) is 10.5 Å². The van der Waals surface area contributed by atoms with E-state index in [9.17, 15) is 4.79 Å². The van der Waals surface area contributed by atoms with Gasteiger partial charge in [0.25, 0.3) is 0 Å². The van der Waals surface area contributed by atoms with Gasteiger partial charge in [0.15, 0.2) is 6.10 Å². The van der Waals surface area contributed by atoms with Crippen molar-refractivity contribution in [3.63, 3.8) is 0 Å². The van der Waals surface area contributed by atoms with Crippen molar-refractivity contribution >= 4 is 5.82 Å². The van der Waals surface area contributed by atoms with Gasteiger partial charge in [-0.25, -0.2) is 4.79 Å². The molecule has 0 amide bonds. The molecule has 0 aliphatic carbocycles. The summed E-state index contributed by atoms with van der Waals surface area (Å²) >= 11 is 0. The number of anilines is 1. The monoisotopic (exact) mass is 459 g/mol. The van der Waals surface area contributed by atoms with E-state index in [1.807, 2.05) is 26.0 Å². The van der Waals surface area contributed by atoms with E-state index in [-0.39, 0.29) is 23.6 Å². The number of benzene rings is 1. The largest absolute Gasteiger partial charge is 0.476 e. The molecule has 0 saturated carbocycles. The molecule has 2 heterocycles. The fourth-order valence-electron chi connectivity index (χ4n) is 2.71. The summed E-state index contributed by atoms with van der Waals surface area (Å²) in [6.07, 6.45) is 2.71. The Kier molecular flexibility index (Phi) is 17.0. The van der Waals surface area contributed by atoms with Gasteiger partial charge in [-0.05, 0) is 51.5 Å². The molecule has 33 heavy (non-hydrogen) atoms. The molecule has 10 N–H and O–H groups in total. The predicted octanol–water partition coefficient (Wildman–Crippen LogP) is 1.23. The van der Waals surface area contributed by atoms with Gasteiger partial charge < -0.3 is 33.0 Å². The number of aromatic amines is 1. The van der Waals surface area contributed by atoms with E-state index < -0.39 is 6.10 Å². The van der Waals surface area contributed by atoms with Crippen LogP contribution in [0.25, 0.3) is 5.69 Å². The third-order valence-electron chi connectivity index (χ3n) is 3.85. The summed E-state index contributed by atoms with van der Waals surface area (Å²) in [5.41, 5.74) is 21.9. The van der Waals surface area contributed by atoms with E-state index in [2.05, 4.69) is 21.8 Å². The van der Waals surface area contributed by atoms with Gasteiger partial charge in [-0.15, -0.1) is 0 Å². The molecule has 0 radical (unpaired) electrons. The Hall–Kier alpha value is -3.77. The summed E-state index contributed by atoms with van der Waals surface area (Å²) in [5.74, 6) is 0.607. The van der Waals surface area contributed by atoms with Crippen molar-refractivity contribution in [3.05, 3.63) is 52.7 Å². The standard InChI is InChI=1S/C16H18N6O2.C2H3N.C2H6.2CH5N/c1-9(8-17)24-11-4-2-10(3-5-11)22-13(15(19)21-16(22)23)12-6-7-20-14(12)18;1-2-3;3*1-2/h2-7,9,12,14,20H,18-19H2,1H3,(H,21,23);1H3;1-2H3;2*2H2,1H3. The Morgan fingerprint density at radius 3 is 2.06 bits per heavy atom. The fourth-order valence-corrected chi connectivity index (χ4v) is 2.71. The number of nitrogens with one attached hydrogen (secondary N) is 2. The summed E-state index contributed by atoms with van der Waals surface area (Å²) < 4.78 is 6.91. The maximum absolute atomic E-state index is 12.3. The Bertz CT molecular complexity index is 950. The summed E-state index contributed by atoms with van der Waals surface area (Å²) in [7, 11) is 3.00. The van der Waals surface area contributed by atoms with Crippen molar-refractivity contribution in [2.45, 2.75) is 45.9 Å². The molecular formula is C22H37N9O2. The zero-order valence-corrected chi connectivity index (χ0v) is 20.2. The third-order valence-corrected chi connectivity index (χ3v) is 3.85. The van der Waals surface area contributed by atoms with Gasteiger partial charge in [0.05, 0.1) is 29.5 Å². The molecule has 11 nitrogen and oxygen atoms in total. The van der Waals surface area contributed by atoms with Gasteiger partial charge in [-0.3, -0.25) is 9.55 Å².